The van der Waals surface area contributed by atoms with Gasteiger partial charge in [-0.1, -0.05) is 44.0 Å². The molecule has 1 saturated heterocycles. The third-order valence-electron chi connectivity index (χ3n) is 3.88. The highest BCUT2D eigenvalue weighted by molar-refractivity contribution is 7.88. The number of nitrogens with one attached hydrogen (secondary N) is 1. The van der Waals surface area contributed by atoms with Crippen LogP contribution < -0.4 is 5.32 Å². The second-order valence-electron chi connectivity index (χ2n) is 5.67. The SMILES string of the molecule is CCNCc1cccc(CS(=O)(=O)N2CCCCCC2)c1. The average molecular weight is 310 g/mol. The van der Waals surface area contributed by atoms with Gasteiger partial charge in [0, 0.05) is 19.6 Å². The van der Waals surface area contributed by atoms with E-state index >= 15 is 0 Å². The Hall–Kier alpha value is -0.910. The van der Waals surface area contributed by atoms with E-state index in [9.17, 15) is 8.42 Å². The number of hydrogen-bond donors (Lipinski definition) is 1. The van der Waals surface area contributed by atoms with Crippen LogP contribution in [0.4, 0.5) is 0 Å². The van der Waals surface area contributed by atoms with Crippen molar-refractivity contribution in [2.45, 2.75) is 44.9 Å². The quantitative estimate of drug-likeness (QED) is 0.878. The summed E-state index contributed by atoms with van der Waals surface area (Å²) in [5.74, 6) is 0.118. The first kappa shape index (κ1) is 16.5. The molecular formula is C16H26N2O2S. The summed E-state index contributed by atoms with van der Waals surface area (Å²) >= 11 is 0. The number of nitrogens with zero attached hydrogens (tertiary/aromatic N) is 1. The number of sulfonamides is 1. The molecule has 1 aliphatic heterocycles. The highest BCUT2D eigenvalue weighted by atomic mass is 32.2. The van der Waals surface area contributed by atoms with Crippen LogP contribution in [0.15, 0.2) is 24.3 Å². The van der Waals surface area contributed by atoms with Gasteiger partial charge in [0.2, 0.25) is 10.0 Å². The van der Waals surface area contributed by atoms with E-state index in [-0.39, 0.29) is 5.75 Å². The zero-order valence-electron chi connectivity index (χ0n) is 12.8. The monoisotopic (exact) mass is 310 g/mol. The van der Waals surface area contributed by atoms with E-state index in [1.807, 2.05) is 24.3 Å². The molecule has 1 heterocycles. The number of hydrogen-bond acceptors (Lipinski definition) is 3. The molecule has 1 aromatic rings. The maximum absolute atomic E-state index is 12.5. The first-order chi connectivity index (χ1) is 10.1. The van der Waals surface area contributed by atoms with E-state index in [1.165, 1.54) is 0 Å². The maximum atomic E-state index is 12.5. The topological polar surface area (TPSA) is 49.4 Å². The Kier molecular flexibility index (Phi) is 6.21. The lowest BCUT2D eigenvalue weighted by molar-refractivity contribution is 0.423. The lowest BCUT2D eigenvalue weighted by atomic mass is 10.1. The lowest BCUT2D eigenvalue weighted by Gasteiger charge is -2.20. The zero-order valence-corrected chi connectivity index (χ0v) is 13.7. The van der Waals surface area contributed by atoms with Gasteiger partial charge in [0.1, 0.15) is 0 Å². The van der Waals surface area contributed by atoms with Crippen molar-refractivity contribution in [3.05, 3.63) is 35.4 Å². The van der Waals surface area contributed by atoms with Gasteiger partial charge < -0.3 is 5.32 Å². The smallest absolute Gasteiger partial charge is 0.218 e. The lowest BCUT2D eigenvalue weighted by Crippen LogP contribution is -2.32. The van der Waals surface area contributed by atoms with Gasteiger partial charge in [-0.25, -0.2) is 12.7 Å². The molecule has 0 amide bonds. The minimum Gasteiger partial charge on any atom is -0.313 e. The summed E-state index contributed by atoms with van der Waals surface area (Å²) in [6.45, 7) is 5.12. The molecule has 1 fully saturated rings. The van der Waals surface area contributed by atoms with Crippen molar-refractivity contribution >= 4 is 10.0 Å². The maximum Gasteiger partial charge on any atom is 0.218 e. The Morgan fingerprint density at radius 3 is 2.43 bits per heavy atom. The Morgan fingerprint density at radius 2 is 1.76 bits per heavy atom. The summed E-state index contributed by atoms with van der Waals surface area (Å²) in [4.78, 5) is 0. The van der Waals surface area contributed by atoms with Crippen LogP contribution >= 0.6 is 0 Å². The van der Waals surface area contributed by atoms with Gasteiger partial charge in [0.15, 0.2) is 0 Å². The molecule has 4 nitrogen and oxygen atoms in total. The fraction of sp³-hybridized carbons (Fsp3) is 0.625. The van der Waals surface area contributed by atoms with E-state index in [1.54, 1.807) is 4.31 Å². The van der Waals surface area contributed by atoms with Crippen LogP contribution in [0.2, 0.25) is 0 Å². The van der Waals surface area contributed by atoms with Crippen molar-refractivity contribution < 1.29 is 8.42 Å². The van der Waals surface area contributed by atoms with Gasteiger partial charge in [-0.3, -0.25) is 0 Å². The second kappa shape index (κ2) is 7.92. The van der Waals surface area contributed by atoms with Crippen molar-refractivity contribution in [3.8, 4) is 0 Å². The van der Waals surface area contributed by atoms with Crippen LogP contribution in [0.3, 0.4) is 0 Å². The molecule has 2 rings (SSSR count). The molecule has 0 atom stereocenters. The summed E-state index contributed by atoms with van der Waals surface area (Å²) < 4.78 is 26.8. The summed E-state index contributed by atoms with van der Waals surface area (Å²) in [6, 6.07) is 7.88. The van der Waals surface area contributed by atoms with Gasteiger partial charge in [0.25, 0.3) is 0 Å². The van der Waals surface area contributed by atoms with Gasteiger partial charge in [0.05, 0.1) is 5.75 Å². The third kappa shape index (κ3) is 5.09. The van der Waals surface area contributed by atoms with Gasteiger partial charge in [-0.15, -0.1) is 0 Å². The van der Waals surface area contributed by atoms with Gasteiger partial charge >= 0.3 is 0 Å². The van der Waals surface area contributed by atoms with Crippen LogP contribution in [0, 0.1) is 0 Å². The number of benzene rings is 1. The first-order valence-corrected chi connectivity index (χ1v) is 9.49. The Bertz CT molecular complexity index is 535. The van der Waals surface area contributed by atoms with Crippen molar-refractivity contribution in [1.29, 1.82) is 0 Å². The van der Waals surface area contributed by atoms with Crippen LogP contribution in [0.25, 0.3) is 0 Å². The van der Waals surface area contributed by atoms with Crippen molar-refractivity contribution in [3.63, 3.8) is 0 Å². The molecule has 0 aliphatic carbocycles. The highest BCUT2D eigenvalue weighted by Gasteiger charge is 2.23. The van der Waals surface area contributed by atoms with E-state index in [0.717, 1.165) is 49.9 Å². The van der Waals surface area contributed by atoms with Gasteiger partial charge in [-0.2, -0.15) is 0 Å². The Labute approximate surface area is 128 Å². The molecule has 0 unspecified atom stereocenters. The largest absolute Gasteiger partial charge is 0.313 e. The summed E-state index contributed by atoms with van der Waals surface area (Å²) in [7, 11) is -3.18. The summed E-state index contributed by atoms with van der Waals surface area (Å²) in [5.41, 5.74) is 2.02. The molecule has 21 heavy (non-hydrogen) atoms. The van der Waals surface area contributed by atoms with E-state index in [2.05, 4.69) is 12.2 Å². The molecule has 1 aromatic carbocycles. The Balaban J connectivity index is 2.05. The summed E-state index contributed by atoms with van der Waals surface area (Å²) in [5, 5.41) is 3.27. The average Bonchev–Trinajstić information content (AvgIpc) is 2.74. The fourth-order valence-corrected chi connectivity index (χ4v) is 4.32. The van der Waals surface area contributed by atoms with Crippen molar-refractivity contribution in [2.75, 3.05) is 19.6 Å². The predicted octanol–water partition coefficient (Wildman–Crippen LogP) is 2.50. The third-order valence-corrected chi connectivity index (χ3v) is 5.73. The summed E-state index contributed by atoms with van der Waals surface area (Å²) in [6.07, 6.45) is 4.26. The molecule has 0 spiro atoms. The van der Waals surface area contributed by atoms with Crippen LogP contribution in [0.1, 0.15) is 43.7 Å². The van der Waals surface area contributed by atoms with Crippen molar-refractivity contribution in [1.82, 2.24) is 9.62 Å². The Morgan fingerprint density at radius 1 is 1.10 bits per heavy atom. The molecule has 0 aromatic heterocycles. The minimum atomic E-state index is -3.18. The van der Waals surface area contributed by atoms with Crippen LogP contribution in [-0.2, 0) is 22.3 Å². The standard InChI is InChI=1S/C16H26N2O2S/c1-2-17-13-15-8-7-9-16(12-15)14-21(19,20)18-10-5-3-4-6-11-18/h7-9,12,17H,2-6,10-11,13-14H2,1H3. The van der Waals surface area contributed by atoms with E-state index < -0.39 is 10.0 Å². The fourth-order valence-electron chi connectivity index (χ4n) is 2.72. The minimum absolute atomic E-state index is 0.118. The number of rotatable bonds is 6. The molecule has 0 radical (unpaired) electrons. The molecular weight excluding hydrogens is 284 g/mol. The van der Waals surface area contributed by atoms with Crippen LogP contribution in [-0.4, -0.2) is 32.4 Å². The zero-order chi connectivity index (χ0) is 15.1. The normalized spacial score (nSPS) is 17.6. The van der Waals surface area contributed by atoms with Crippen molar-refractivity contribution in [2.24, 2.45) is 0 Å². The second-order valence-corrected chi connectivity index (χ2v) is 7.64. The van der Waals surface area contributed by atoms with E-state index in [4.69, 9.17) is 0 Å². The molecule has 0 saturated carbocycles. The van der Waals surface area contributed by atoms with Crippen LogP contribution in [0.5, 0.6) is 0 Å². The van der Waals surface area contributed by atoms with Gasteiger partial charge in [-0.05, 0) is 30.5 Å². The highest BCUT2D eigenvalue weighted by Crippen LogP contribution is 2.17. The molecule has 1 aliphatic rings. The molecule has 118 valence electrons. The molecule has 5 heteroatoms. The predicted molar refractivity (Wildman–Crippen MR) is 86.5 cm³/mol. The molecule has 1 N–H and O–H groups in total. The molecule has 0 bridgehead atoms. The first-order valence-electron chi connectivity index (χ1n) is 7.88. The van der Waals surface area contributed by atoms with E-state index in [0.29, 0.717) is 13.1 Å².